The Balaban J connectivity index is 1.92. The third kappa shape index (κ3) is 2.88. The van der Waals surface area contributed by atoms with E-state index in [9.17, 15) is 9.90 Å². The van der Waals surface area contributed by atoms with E-state index >= 15 is 0 Å². The maximum absolute atomic E-state index is 12.7. The highest BCUT2D eigenvalue weighted by molar-refractivity contribution is 6.06. The Morgan fingerprint density at radius 1 is 1.25 bits per heavy atom. The molecule has 0 unspecified atom stereocenters. The number of pyridine rings is 1. The number of hydrogen-bond acceptors (Lipinski definition) is 4. The van der Waals surface area contributed by atoms with Gasteiger partial charge in [0.1, 0.15) is 0 Å². The molecule has 0 spiro atoms. The summed E-state index contributed by atoms with van der Waals surface area (Å²) in [7, 11) is 1.82. The van der Waals surface area contributed by atoms with Crippen LogP contribution in [-0.2, 0) is 20.2 Å². The van der Waals surface area contributed by atoms with E-state index < -0.39 is 0 Å². The standard InChI is InChI=1S/C18H20N4O2/c1-11-8-15(16-12(2)21-22(3)17(16)20-11)18(24)19-9-13-6-4-5-7-14(13)10-23/h4-8,23H,9-10H2,1-3H3,(H,19,24). The van der Waals surface area contributed by atoms with E-state index in [2.05, 4.69) is 15.4 Å². The Bertz CT molecular complexity index is 915. The summed E-state index contributed by atoms with van der Waals surface area (Å²) < 4.78 is 1.69. The molecule has 3 aromatic rings. The first-order chi connectivity index (χ1) is 11.5. The van der Waals surface area contributed by atoms with Gasteiger partial charge in [0.2, 0.25) is 0 Å². The van der Waals surface area contributed by atoms with Crippen LogP contribution in [0, 0.1) is 13.8 Å². The number of rotatable bonds is 4. The van der Waals surface area contributed by atoms with Gasteiger partial charge in [0.05, 0.1) is 23.3 Å². The average molecular weight is 324 g/mol. The van der Waals surface area contributed by atoms with Gasteiger partial charge < -0.3 is 10.4 Å². The zero-order valence-electron chi connectivity index (χ0n) is 14.0. The summed E-state index contributed by atoms with van der Waals surface area (Å²) in [5.74, 6) is -0.172. The molecule has 2 aromatic heterocycles. The van der Waals surface area contributed by atoms with Crippen molar-refractivity contribution in [2.24, 2.45) is 7.05 Å². The molecule has 6 nitrogen and oxygen atoms in total. The second-order valence-corrected chi connectivity index (χ2v) is 5.83. The highest BCUT2D eigenvalue weighted by atomic mass is 16.3. The van der Waals surface area contributed by atoms with E-state index in [1.54, 1.807) is 10.7 Å². The molecule has 6 heteroatoms. The lowest BCUT2D eigenvalue weighted by atomic mass is 10.1. The minimum atomic E-state index is -0.172. The number of aliphatic hydroxyl groups excluding tert-OH is 1. The topological polar surface area (TPSA) is 80.0 Å². The molecule has 2 N–H and O–H groups in total. The first kappa shape index (κ1) is 16.1. The van der Waals surface area contributed by atoms with E-state index in [0.29, 0.717) is 17.8 Å². The van der Waals surface area contributed by atoms with Gasteiger partial charge in [-0.05, 0) is 31.0 Å². The van der Waals surface area contributed by atoms with Gasteiger partial charge in [-0.2, -0.15) is 5.10 Å². The minimum absolute atomic E-state index is 0.0492. The molecule has 0 fully saturated rings. The Morgan fingerprint density at radius 2 is 1.96 bits per heavy atom. The van der Waals surface area contributed by atoms with E-state index in [1.165, 1.54) is 0 Å². The van der Waals surface area contributed by atoms with Gasteiger partial charge in [0.15, 0.2) is 5.65 Å². The lowest BCUT2D eigenvalue weighted by Gasteiger charge is -2.10. The first-order valence-corrected chi connectivity index (χ1v) is 7.78. The summed E-state index contributed by atoms with van der Waals surface area (Å²) in [6.07, 6.45) is 0. The van der Waals surface area contributed by atoms with Crippen molar-refractivity contribution >= 4 is 16.9 Å². The molecule has 0 saturated heterocycles. The number of carbonyl (C=O) groups excluding carboxylic acids is 1. The molecule has 24 heavy (non-hydrogen) atoms. The molecule has 0 bridgehead atoms. The van der Waals surface area contributed by atoms with Gasteiger partial charge in [0.25, 0.3) is 5.91 Å². The lowest BCUT2D eigenvalue weighted by Crippen LogP contribution is -2.24. The van der Waals surface area contributed by atoms with E-state index in [0.717, 1.165) is 27.9 Å². The normalized spacial score (nSPS) is 11.0. The van der Waals surface area contributed by atoms with Crippen molar-refractivity contribution in [2.45, 2.75) is 27.0 Å². The largest absolute Gasteiger partial charge is 0.392 e. The Morgan fingerprint density at radius 3 is 2.67 bits per heavy atom. The molecular formula is C18H20N4O2. The van der Waals surface area contributed by atoms with Crippen LogP contribution in [0.15, 0.2) is 30.3 Å². The fourth-order valence-electron chi connectivity index (χ4n) is 2.90. The molecule has 124 valence electrons. The number of hydrogen-bond donors (Lipinski definition) is 2. The molecule has 1 aromatic carbocycles. The molecule has 0 aliphatic rings. The highest BCUT2D eigenvalue weighted by Crippen LogP contribution is 2.21. The molecule has 0 aliphatic heterocycles. The Labute approximate surface area is 140 Å². The maximum atomic E-state index is 12.7. The van der Waals surface area contributed by atoms with E-state index in [1.807, 2.05) is 45.2 Å². The lowest BCUT2D eigenvalue weighted by molar-refractivity contribution is 0.0952. The third-order valence-corrected chi connectivity index (χ3v) is 4.07. The Kier molecular flexibility index (Phi) is 4.31. The molecule has 0 radical (unpaired) electrons. The average Bonchev–Trinajstić information content (AvgIpc) is 2.86. The van der Waals surface area contributed by atoms with Crippen molar-refractivity contribution in [3.63, 3.8) is 0 Å². The number of benzene rings is 1. The molecule has 0 atom stereocenters. The number of aliphatic hydroxyl groups is 1. The molecule has 0 aliphatic carbocycles. The van der Waals surface area contributed by atoms with Crippen LogP contribution in [0.25, 0.3) is 11.0 Å². The van der Waals surface area contributed by atoms with Crippen molar-refractivity contribution in [3.05, 3.63) is 58.4 Å². The number of amides is 1. The number of aromatic nitrogens is 3. The number of carbonyl (C=O) groups is 1. The second-order valence-electron chi connectivity index (χ2n) is 5.83. The monoisotopic (exact) mass is 324 g/mol. The first-order valence-electron chi connectivity index (χ1n) is 7.78. The zero-order chi connectivity index (χ0) is 17.3. The van der Waals surface area contributed by atoms with Gasteiger partial charge >= 0.3 is 0 Å². The molecule has 0 saturated carbocycles. The summed E-state index contributed by atoms with van der Waals surface area (Å²) in [5, 5.41) is 17.5. The number of nitrogens with zero attached hydrogens (tertiary/aromatic N) is 3. The summed E-state index contributed by atoms with van der Waals surface area (Å²) in [6.45, 7) is 4.04. The van der Waals surface area contributed by atoms with Crippen LogP contribution in [0.5, 0.6) is 0 Å². The quantitative estimate of drug-likeness (QED) is 0.769. The van der Waals surface area contributed by atoms with Crippen LogP contribution >= 0.6 is 0 Å². The summed E-state index contributed by atoms with van der Waals surface area (Å²) in [4.78, 5) is 17.2. The number of nitrogens with one attached hydrogen (secondary N) is 1. The third-order valence-electron chi connectivity index (χ3n) is 4.07. The smallest absolute Gasteiger partial charge is 0.252 e. The Hall–Kier alpha value is -2.73. The number of aryl methyl sites for hydroxylation is 3. The van der Waals surface area contributed by atoms with Crippen molar-refractivity contribution in [1.29, 1.82) is 0 Å². The molecule has 3 rings (SSSR count). The van der Waals surface area contributed by atoms with Crippen LogP contribution in [0.1, 0.15) is 32.9 Å². The summed E-state index contributed by atoms with van der Waals surface area (Å²) >= 11 is 0. The SMILES string of the molecule is Cc1cc(C(=O)NCc2ccccc2CO)c2c(C)nn(C)c2n1. The zero-order valence-corrected chi connectivity index (χ0v) is 14.0. The molecule has 2 heterocycles. The van der Waals surface area contributed by atoms with Crippen molar-refractivity contribution in [1.82, 2.24) is 20.1 Å². The molecular weight excluding hydrogens is 304 g/mol. The predicted octanol–water partition coefficient (Wildman–Crippen LogP) is 2.01. The van der Waals surface area contributed by atoms with Gasteiger partial charge in [-0.15, -0.1) is 0 Å². The minimum Gasteiger partial charge on any atom is -0.392 e. The van der Waals surface area contributed by atoms with Crippen LogP contribution in [0.4, 0.5) is 0 Å². The predicted molar refractivity (Wildman–Crippen MR) is 91.5 cm³/mol. The van der Waals surface area contributed by atoms with Crippen LogP contribution in [0.2, 0.25) is 0 Å². The van der Waals surface area contributed by atoms with Crippen molar-refractivity contribution in [3.8, 4) is 0 Å². The van der Waals surface area contributed by atoms with Crippen LogP contribution in [-0.4, -0.2) is 25.8 Å². The number of fused-ring (bicyclic) bond motifs is 1. The van der Waals surface area contributed by atoms with Gasteiger partial charge in [-0.3, -0.25) is 9.48 Å². The fourth-order valence-corrected chi connectivity index (χ4v) is 2.90. The maximum Gasteiger partial charge on any atom is 0.252 e. The van der Waals surface area contributed by atoms with Gasteiger partial charge in [-0.25, -0.2) is 4.98 Å². The van der Waals surface area contributed by atoms with E-state index in [4.69, 9.17) is 0 Å². The van der Waals surface area contributed by atoms with E-state index in [-0.39, 0.29) is 12.5 Å². The van der Waals surface area contributed by atoms with Gasteiger partial charge in [-0.1, -0.05) is 24.3 Å². The fraction of sp³-hybridized carbons (Fsp3) is 0.278. The summed E-state index contributed by atoms with van der Waals surface area (Å²) in [6, 6.07) is 9.28. The van der Waals surface area contributed by atoms with Crippen LogP contribution < -0.4 is 5.32 Å². The van der Waals surface area contributed by atoms with Crippen molar-refractivity contribution in [2.75, 3.05) is 0 Å². The van der Waals surface area contributed by atoms with Gasteiger partial charge in [0, 0.05) is 19.3 Å². The summed E-state index contributed by atoms with van der Waals surface area (Å²) in [5.41, 5.74) is 4.54. The molecule has 1 amide bonds. The highest BCUT2D eigenvalue weighted by Gasteiger charge is 2.17. The van der Waals surface area contributed by atoms with Crippen molar-refractivity contribution < 1.29 is 9.90 Å². The second kappa shape index (κ2) is 6.41. The van der Waals surface area contributed by atoms with Crippen LogP contribution in [0.3, 0.4) is 0 Å².